The van der Waals surface area contributed by atoms with Crippen LogP contribution in [0.25, 0.3) is 0 Å². The zero-order valence-electron chi connectivity index (χ0n) is 6.24. The van der Waals surface area contributed by atoms with Crippen LogP contribution in [-0.2, 0) is 22.4 Å². The Morgan fingerprint density at radius 3 is 0.500 bits per heavy atom. The van der Waals surface area contributed by atoms with Gasteiger partial charge in [-0.2, -0.15) is 0 Å². The third-order valence-electron chi connectivity index (χ3n) is 0. The molecule has 14 N–H and O–H groups in total. The first-order valence-electron chi connectivity index (χ1n) is 0.258. The Morgan fingerprint density at radius 1 is 0.500 bits per heavy atom. The van der Waals surface area contributed by atoms with E-state index in [0.717, 1.165) is 0 Å². The van der Waals surface area contributed by atoms with Gasteiger partial charge in [-0.15, -0.1) is 0 Å². The molecule has 0 aliphatic carbocycles. The van der Waals surface area contributed by atoms with Crippen LogP contribution in [0.2, 0.25) is 0 Å². The molecule has 0 aliphatic rings. The molecule has 0 amide bonds. The van der Waals surface area contributed by atoms with Crippen LogP contribution in [0.3, 0.4) is 0 Å². The molecule has 0 aromatic heterocycles. The average Bonchev–Trinajstić information content (AvgIpc) is 1.00. The van der Waals surface area contributed by atoms with E-state index < -0.39 is 0 Å². The zero-order chi connectivity index (χ0) is 2.00. The van der Waals surface area contributed by atoms with Crippen LogP contribution in [0, 0.1) is 4.89 Å². The molecule has 0 rings (SSSR count). The molecule has 0 saturated heterocycles. The van der Waals surface area contributed by atoms with Gasteiger partial charge in [-0.05, 0) is 0 Å². The third kappa shape index (κ3) is 246. The van der Waals surface area contributed by atoms with Crippen molar-refractivity contribution in [2.45, 2.75) is 0 Å². The molecule has 0 aromatic carbocycles. The summed E-state index contributed by atoms with van der Waals surface area (Å²) in [5.74, 6) is 0. The van der Waals surface area contributed by atoms with Gasteiger partial charge in [0.1, 0.15) is 0 Å². The first kappa shape index (κ1) is 222. The van der Waals surface area contributed by atoms with Crippen molar-refractivity contribution in [3.05, 3.63) is 0 Å². The predicted octanol–water partition coefficient (Wildman–Crippen LogP) is -10.6. The SMILES string of the molecule is N#[SiH].O.O.O.O.O.O.O.[Ag].[InH3].[InH3].[SnH2].[SnH2]. The fourth-order valence-corrected chi connectivity index (χ4v) is 0. The van der Waals surface area contributed by atoms with Gasteiger partial charge in [-0.3, -0.25) is 4.89 Å². The average molecular weight is 754 g/mol. The molecule has 0 unspecified atom stereocenters. The summed E-state index contributed by atoms with van der Waals surface area (Å²) < 4.78 is 0. The Morgan fingerprint density at radius 2 is 0.500 bits per heavy atom. The summed E-state index contributed by atoms with van der Waals surface area (Å²) in [5.41, 5.74) is 0. The van der Waals surface area contributed by atoms with Crippen molar-refractivity contribution < 1.29 is 60.7 Å². The van der Waals surface area contributed by atoms with E-state index in [1.807, 2.05) is 0 Å². The monoisotopic (exact) mass is 756 g/mol. The van der Waals surface area contributed by atoms with E-state index in [1.54, 1.807) is 0 Å². The molecule has 0 saturated carbocycles. The minimum atomic E-state index is 0. The van der Waals surface area contributed by atoms with Gasteiger partial charge in [0.25, 0.3) is 0 Å². The van der Waals surface area contributed by atoms with Gasteiger partial charge >= 0.3 is 99.5 Å². The normalized spacial score (nSPS) is 0.143. The number of rotatable bonds is 0. The van der Waals surface area contributed by atoms with Gasteiger partial charge in [0, 0.05) is 22.4 Å². The molecule has 0 atom stereocenters. The minimum absolute atomic E-state index is 0. The fraction of sp³-hybridized carbons (Fsp3) is 0. The molecule has 5 radical (unpaired) electrons. The number of hydrogen-bond donors (Lipinski definition) is 0. The summed E-state index contributed by atoms with van der Waals surface area (Å²) in [6, 6.07) is 0. The first-order chi connectivity index (χ1) is 1.00. The molecule has 14 heteroatoms. The maximum atomic E-state index is 6.92. The second-order valence-corrected chi connectivity index (χ2v) is 0. The molecule has 0 fully saturated rings. The van der Waals surface area contributed by atoms with E-state index in [-0.39, 0.29) is 160 Å². The topological polar surface area (TPSA) is 244 Å². The van der Waals surface area contributed by atoms with Crippen LogP contribution in [0.4, 0.5) is 0 Å². The summed E-state index contributed by atoms with van der Waals surface area (Å²) in [7, 11) is 1.42. The maximum absolute atomic E-state index is 6.92. The summed E-state index contributed by atoms with van der Waals surface area (Å²) in [6.45, 7) is 0. The van der Waals surface area contributed by atoms with Crippen molar-refractivity contribution in [2.75, 3.05) is 0 Å². The van der Waals surface area contributed by atoms with Crippen molar-refractivity contribution in [3.8, 4) is 0 Å². The van der Waals surface area contributed by atoms with E-state index in [9.17, 15) is 0 Å². The van der Waals surface area contributed by atoms with Gasteiger partial charge in [-0.1, -0.05) is 0 Å². The Kier molecular flexibility index (Phi) is 4730. The second kappa shape index (κ2) is 298. The fourth-order valence-electron chi connectivity index (χ4n) is 0. The standard InChI is InChI=1S/Ag.2In.HNSi.7H2O.2Sn.10H/c;;;1-2;;;;;;;;;;;;;;;;;;;/h;;;2H;7*1H2;;;;;;;;;;;;. The summed E-state index contributed by atoms with van der Waals surface area (Å²) in [6.07, 6.45) is 0. The van der Waals surface area contributed by atoms with Crippen LogP contribution in [0.15, 0.2) is 0 Å². The van der Waals surface area contributed by atoms with Gasteiger partial charge in [0.15, 0.2) is 9.88 Å². The summed E-state index contributed by atoms with van der Waals surface area (Å²) in [5, 5.41) is 0. The molecule has 101 valence electrons. The molecule has 0 heterocycles. The predicted molar refractivity (Wildman–Crippen MR) is 71.1 cm³/mol. The molecule has 8 nitrogen and oxygen atoms in total. The van der Waals surface area contributed by atoms with Gasteiger partial charge in [0.2, 0.25) is 0 Å². The molecule has 14 heavy (non-hydrogen) atoms. The van der Waals surface area contributed by atoms with Crippen LogP contribution in [-0.4, -0.2) is 148 Å². The molecule has 0 aromatic rings. The molecule has 0 aliphatic heterocycles. The number of nitrogens with zero attached hydrogens (tertiary/aromatic N) is 1. The molecule has 0 spiro atoms. The van der Waals surface area contributed by atoms with Gasteiger partial charge in [0.05, 0.1) is 0 Å². The Bertz CT molecular complexity index is 34.4. The van der Waals surface area contributed by atoms with Gasteiger partial charge < -0.3 is 38.3 Å². The Hall–Kier alpha value is 3.72. The molecular formula is H25AgIn2NO7SiSn2. The number of hydrogen-bond acceptors (Lipinski definition) is 1. The molecular weight excluding hydrogens is 729 g/mol. The van der Waals surface area contributed by atoms with E-state index in [0.29, 0.717) is 0 Å². The first-order valence-corrected chi connectivity index (χ1v) is 0.775. The van der Waals surface area contributed by atoms with Crippen LogP contribution in [0.5, 0.6) is 0 Å². The quantitative estimate of drug-likeness (QED) is 0.215. The Labute approximate surface area is 172 Å². The van der Waals surface area contributed by atoms with E-state index in [4.69, 9.17) is 4.89 Å². The summed E-state index contributed by atoms with van der Waals surface area (Å²) in [4.78, 5) is 6.92. The van der Waals surface area contributed by atoms with Crippen molar-refractivity contribution in [2.24, 2.45) is 0 Å². The van der Waals surface area contributed by atoms with Crippen molar-refractivity contribution >= 4 is 109 Å². The zero-order valence-corrected chi connectivity index (χ0v) is 16.9. The van der Waals surface area contributed by atoms with Crippen molar-refractivity contribution in [1.82, 2.24) is 0 Å². The van der Waals surface area contributed by atoms with Crippen molar-refractivity contribution in [3.63, 3.8) is 0 Å². The summed E-state index contributed by atoms with van der Waals surface area (Å²) >= 11 is 0. The Balaban J connectivity index is -0.0000000000758. The second-order valence-electron chi connectivity index (χ2n) is 0. The van der Waals surface area contributed by atoms with Crippen LogP contribution in [0.1, 0.15) is 0 Å². The van der Waals surface area contributed by atoms with Gasteiger partial charge in [-0.25, -0.2) is 0 Å². The van der Waals surface area contributed by atoms with E-state index in [1.165, 1.54) is 9.88 Å². The third-order valence-corrected chi connectivity index (χ3v) is 0. The van der Waals surface area contributed by atoms with E-state index >= 15 is 0 Å². The van der Waals surface area contributed by atoms with E-state index in [2.05, 4.69) is 0 Å². The molecule has 0 bridgehead atoms. The van der Waals surface area contributed by atoms with Crippen LogP contribution >= 0.6 is 0 Å². The van der Waals surface area contributed by atoms with Crippen LogP contribution < -0.4 is 0 Å². The van der Waals surface area contributed by atoms with Crippen molar-refractivity contribution in [1.29, 1.82) is 4.89 Å².